The number of aliphatic hydroxyl groups is 1. The Kier molecular flexibility index (Phi) is 3.53. The van der Waals surface area contributed by atoms with Crippen molar-refractivity contribution in [1.82, 2.24) is 0 Å². The average molecular weight is 274 g/mol. The fourth-order valence-electron chi connectivity index (χ4n) is 3.99. The van der Waals surface area contributed by atoms with E-state index in [1.165, 1.54) is 17.5 Å². The predicted molar refractivity (Wildman–Crippen MR) is 81.2 cm³/mol. The maximum absolute atomic E-state index is 10.5. The van der Waals surface area contributed by atoms with Crippen LogP contribution in [-0.2, 0) is 11.8 Å². The van der Waals surface area contributed by atoms with Crippen LogP contribution in [0.25, 0.3) is 0 Å². The second-order valence-corrected chi connectivity index (χ2v) is 7.23. The van der Waals surface area contributed by atoms with Gasteiger partial charge in [-0.3, -0.25) is 0 Å². The van der Waals surface area contributed by atoms with Crippen LogP contribution in [0.5, 0.6) is 5.75 Å². The number of rotatable bonds is 2. The molecule has 1 fully saturated rings. The molecule has 1 aromatic rings. The van der Waals surface area contributed by atoms with Gasteiger partial charge >= 0.3 is 0 Å². The van der Waals surface area contributed by atoms with E-state index in [0.29, 0.717) is 11.8 Å². The molecule has 1 aliphatic carbocycles. The molecule has 0 bridgehead atoms. The maximum atomic E-state index is 10.5. The van der Waals surface area contributed by atoms with Crippen LogP contribution in [0, 0.1) is 11.8 Å². The minimum absolute atomic E-state index is 0.0250. The lowest BCUT2D eigenvalue weighted by Gasteiger charge is -2.42. The summed E-state index contributed by atoms with van der Waals surface area (Å²) in [7, 11) is 0. The molecule has 3 unspecified atom stereocenters. The molecule has 0 amide bonds. The van der Waals surface area contributed by atoms with Crippen molar-refractivity contribution in [3.05, 3.63) is 29.3 Å². The summed E-state index contributed by atoms with van der Waals surface area (Å²) in [6.07, 6.45) is 4.16. The van der Waals surface area contributed by atoms with Gasteiger partial charge in [0.15, 0.2) is 0 Å². The molecule has 1 heterocycles. The Hall–Kier alpha value is -1.02. The third-order valence-corrected chi connectivity index (χ3v) is 5.44. The summed E-state index contributed by atoms with van der Waals surface area (Å²) in [6.45, 7) is 7.63. The minimum Gasteiger partial charge on any atom is -0.493 e. The smallest absolute Gasteiger partial charge is 0.122 e. The van der Waals surface area contributed by atoms with E-state index in [9.17, 15) is 5.11 Å². The van der Waals surface area contributed by atoms with E-state index < -0.39 is 0 Å². The van der Waals surface area contributed by atoms with Gasteiger partial charge in [0.1, 0.15) is 5.75 Å². The zero-order valence-corrected chi connectivity index (χ0v) is 12.9. The molecule has 3 atom stereocenters. The first-order chi connectivity index (χ1) is 9.48. The molecule has 0 saturated heterocycles. The van der Waals surface area contributed by atoms with Crippen molar-refractivity contribution in [2.45, 2.75) is 58.0 Å². The first-order valence-corrected chi connectivity index (χ1v) is 7.92. The first kappa shape index (κ1) is 13.9. The van der Waals surface area contributed by atoms with Crippen molar-refractivity contribution >= 4 is 0 Å². The molecule has 0 radical (unpaired) electrons. The molecular weight excluding hydrogens is 248 g/mol. The normalized spacial score (nSPS) is 29.9. The van der Waals surface area contributed by atoms with Gasteiger partial charge in [0.2, 0.25) is 0 Å². The average Bonchev–Trinajstić information content (AvgIpc) is 2.85. The number of ether oxygens (including phenoxy) is 1. The van der Waals surface area contributed by atoms with Crippen LogP contribution in [-0.4, -0.2) is 17.8 Å². The summed E-state index contributed by atoms with van der Waals surface area (Å²) in [6, 6.07) is 6.60. The Morgan fingerprint density at radius 2 is 2.05 bits per heavy atom. The Balaban J connectivity index is 1.87. The van der Waals surface area contributed by atoms with Gasteiger partial charge in [-0.25, -0.2) is 0 Å². The zero-order chi connectivity index (χ0) is 14.3. The molecule has 0 aromatic heterocycles. The van der Waals surface area contributed by atoms with E-state index in [4.69, 9.17) is 4.74 Å². The fourth-order valence-corrected chi connectivity index (χ4v) is 3.99. The molecule has 1 aliphatic heterocycles. The van der Waals surface area contributed by atoms with Crippen LogP contribution in [0.2, 0.25) is 0 Å². The van der Waals surface area contributed by atoms with Crippen LogP contribution in [0.1, 0.15) is 51.2 Å². The highest BCUT2D eigenvalue weighted by atomic mass is 16.5. The summed E-state index contributed by atoms with van der Waals surface area (Å²) < 4.78 is 5.60. The lowest BCUT2D eigenvalue weighted by Crippen LogP contribution is -2.41. The molecule has 1 N–H and O–H groups in total. The van der Waals surface area contributed by atoms with Gasteiger partial charge in [-0.15, -0.1) is 0 Å². The predicted octanol–water partition coefficient (Wildman–Crippen LogP) is 3.70. The van der Waals surface area contributed by atoms with E-state index >= 15 is 0 Å². The summed E-state index contributed by atoms with van der Waals surface area (Å²) in [5, 5.41) is 10.5. The Bertz CT molecular complexity index is 492. The van der Waals surface area contributed by atoms with Crippen LogP contribution >= 0.6 is 0 Å². The summed E-state index contributed by atoms with van der Waals surface area (Å²) >= 11 is 0. The highest BCUT2D eigenvalue weighted by Crippen LogP contribution is 2.43. The van der Waals surface area contributed by atoms with Gasteiger partial charge in [0.25, 0.3) is 0 Å². The quantitative estimate of drug-likeness (QED) is 0.891. The van der Waals surface area contributed by atoms with Crippen molar-refractivity contribution in [2.24, 2.45) is 11.8 Å². The molecule has 3 rings (SSSR count). The van der Waals surface area contributed by atoms with Crippen molar-refractivity contribution in [3.63, 3.8) is 0 Å². The van der Waals surface area contributed by atoms with E-state index in [0.717, 1.165) is 31.6 Å². The van der Waals surface area contributed by atoms with Gasteiger partial charge in [-0.1, -0.05) is 39.3 Å². The second kappa shape index (κ2) is 5.07. The third kappa shape index (κ3) is 2.35. The molecule has 0 spiro atoms. The van der Waals surface area contributed by atoms with Gasteiger partial charge < -0.3 is 9.84 Å². The van der Waals surface area contributed by atoms with Gasteiger partial charge in [-0.05, 0) is 47.3 Å². The Morgan fingerprint density at radius 1 is 1.25 bits per heavy atom. The van der Waals surface area contributed by atoms with Crippen LogP contribution < -0.4 is 4.74 Å². The Labute approximate surface area is 122 Å². The highest BCUT2D eigenvalue weighted by molar-refractivity contribution is 5.42. The zero-order valence-electron chi connectivity index (χ0n) is 12.9. The maximum Gasteiger partial charge on any atom is 0.122 e. The van der Waals surface area contributed by atoms with Crippen molar-refractivity contribution in [3.8, 4) is 5.75 Å². The van der Waals surface area contributed by atoms with Gasteiger partial charge in [0.05, 0.1) is 12.7 Å². The van der Waals surface area contributed by atoms with E-state index in [1.54, 1.807) is 0 Å². The molecule has 1 aromatic carbocycles. The monoisotopic (exact) mass is 274 g/mol. The lowest BCUT2D eigenvalue weighted by molar-refractivity contribution is 0.0143. The van der Waals surface area contributed by atoms with Crippen molar-refractivity contribution < 1.29 is 9.84 Å². The van der Waals surface area contributed by atoms with Gasteiger partial charge in [0, 0.05) is 6.42 Å². The number of hydrogen-bond donors (Lipinski definition) is 1. The molecule has 110 valence electrons. The molecule has 2 heteroatoms. The van der Waals surface area contributed by atoms with E-state index in [1.807, 2.05) is 0 Å². The first-order valence-electron chi connectivity index (χ1n) is 7.92. The largest absolute Gasteiger partial charge is 0.493 e. The van der Waals surface area contributed by atoms with Crippen molar-refractivity contribution in [1.29, 1.82) is 0 Å². The summed E-state index contributed by atoms with van der Waals surface area (Å²) in [5.41, 5.74) is 2.70. The third-order valence-electron chi connectivity index (χ3n) is 5.44. The SMILES string of the molecule is CC1CCC(C(C)(C)c2ccc3c(c2)CCO3)C(O)C1. The number of hydrogen-bond acceptors (Lipinski definition) is 2. The van der Waals surface area contributed by atoms with Crippen LogP contribution in [0.4, 0.5) is 0 Å². The number of fused-ring (bicyclic) bond motifs is 1. The molecule has 2 nitrogen and oxygen atoms in total. The lowest BCUT2D eigenvalue weighted by atomic mass is 9.64. The second-order valence-electron chi connectivity index (χ2n) is 7.23. The van der Waals surface area contributed by atoms with Crippen LogP contribution in [0.3, 0.4) is 0 Å². The molecule has 20 heavy (non-hydrogen) atoms. The Morgan fingerprint density at radius 3 is 2.80 bits per heavy atom. The van der Waals surface area contributed by atoms with Crippen molar-refractivity contribution in [2.75, 3.05) is 6.61 Å². The van der Waals surface area contributed by atoms with Crippen LogP contribution in [0.15, 0.2) is 18.2 Å². The summed E-state index contributed by atoms with van der Waals surface area (Å²) in [5.74, 6) is 2.06. The molecule has 2 aliphatic rings. The van der Waals surface area contributed by atoms with E-state index in [2.05, 4.69) is 39.0 Å². The molecule has 1 saturated carbocycles. The number of benzene rings is 1. The minimum atomic E-state index is -0.168. The number of aliphatic hydroxyl groups excluding tert-OH is 1. The summed E-state index contributed by atoms with van der Waals surface area (Å²) in [4.78, 5) is 0. The fraction of sp³-hybridized carbons (Fsp3) is 0.667. The topological polar surface area (TPSA) is 29.5 Å². The van der Waals surface area contributed by atoms with E-state index in [-0.39, 0.29) is 11.5 Å². The highest BCUT2D eigenvalue weighted by Gasteiger charge is 2.39. The van der Waals surface area contributed by atoms with Gasteiger partial charge in [-0.2, -0.15) is 0 Å². The standard InChI is InChI=1S/C18H26O2/c1-12-4-6-15(16(19)10-12)18(2,3)14-5-7-17-13(11-14)8-9-20-17/h5,7,11-12,15-16,19H,4,6,8-10H2,1-3H3. The molecular formula is C18H26O2.